The first-order valence-corrected chi connectivity index (χ1v) is 7.18. The zero-order valence-corrected chi connectivity index (χ0v) is 12.8. The van der Waals surface area contributed by atoms with Crippen LogP contribution in [-0.2, 0) is 0 Å². The molecule has 0 aliphatic rings. The molecule has 0 aliphatic heterocycles. The highest BCUT2D eigenvalue weighted by Crippen LogP contribution is 2.26. The molecule has 2 N–H and O–H groups in total. The summed E-state index contributed by atoms with van der Waals surface area (Å²) in [6.07, 6.45) is 2.46. The largest absolute Gasteiger partial charge is 0.437 e. The predicted molar refractivity (Wildman–Crippen MR) is 89.2 cm³/mol. The van der Waals surface area contributed by atoms with E-state index in [1.54, 1.807) is 12.1 Å². The van der Waals surface area contributed by atoms with Gasteiger partial charge < -0.3 is 10.5 Å². The van der Waals surface area contributed by atoms with Crippen molar-refractivity contribution < 1.29 is 14.5 Å². The molecular formula is C17H12N4O4. The van der Waals surface area contributed by atoms with Gasteiger partial charge in [-0.05, 0) is 12.1 Å². The van der Waals surface area contributed by atoms with Gasteiger partial charge >= 0.3 is 0 Å². The summed E-state index contributed by atoms with van der Waals surface area (Å²) in [5.41, 5.74) is 6.41. The molecule has 3 aromatic rings. The lowest BCUT2D eigenvalue weighted by molar-refractivity contribution is -0.385. The maximum absolute atomic E-state index is 11.5. The van der Waals surface area contributed by atoms with Gasteiger partial charge in [0.15, 0.2) is 0 Å². The molecule has 1 amide bonds. The van der Waals surface area contributed by atoms with E-state index in [-0.39, 0.29) is 17.1 Å². The Bertz CT molecular complexity index is 927. The molecule has 25 heavy (non-hydrogen) atoms. The second-order valence-electron chi connectivity index (χ2n) is 5.01. The molecule has 124 valence electrons. The Labute approximate surface area is 142 Å². The summed E-state index contributed by atoms with van der Waals surface area (Å²) < 4.78 is 5.50. The Morgan fingerprint density at radius 3 is 2.44 bits per heavy atom. The number of nitro groups is 1. The summed E-state index contributed by atoms with van der Waals surface area (Å²) in [4.78, 5) is 29.7. The van der Waals surface area contributed by atoms with Gasteiger partial charge in [0.1, 0.15) is 17.5 Å². The van der Waals surface area contributed by atoms with Gasteiger partial charge in [0.05, 0.1) is 16.8 Å². The highest BCUT2D eigenvalue weighted by atomic mass is 16.6. The Morgan fingerprint density at radius 1 is 1.08 bits per heavy atom. The molecule has 0 atom stereocenters. The Hall–Kier alpha value is -3.81. The van der Waals surface area contributed by atoms with Gasteiger partial charge in [-0.1, -0.05) is 30.3 Å². The number of ether oxygens (including phenoxy) is 1. The van der Waals surface area contributed by atoms with Crippen molar-refractivity contribution >= 4 is 11.6 Å². The smallest absolute Gasteiger partial charge is 0.288 e. The van der Waals surface area contributed by atoms with Gasteiger partial charge in [0.2, 0.25) is 5.88 Å². The van der Waals surface area contributed by atoms with Crippen LogP contribution in [0.5, 0.6) is 11.6 Å². The summed E-state index contributed by atoms with van der Waals surface area (Å²) in [6, 6.07) is 14.0. The van der Waals surface area contributed by atoms with Gasteiger partial charge in [-0.25, -0.2) is 4.98 Å². The summed E-state index contributed by atoms with van der Waals surface area (Å²) >= 11 is 0. The van der Waals surface area contributed by atoms with Crippen LogP contribution in [0.25, 0.3) is 11.3 Å². The average molecular weight is 336 g/mol. The Balaban J connectivity index is 1.87. The van der Waals surface area contributed by atoms with Gasteiger partial charge in [0, 0.05) is 11.6 Å². The highest BCUT2D eigenvalue weighted by Gasteiger charge is 2.18. The molecular weight excluding hydrogens is 324 g/mol. The number of hydrogen-bond acceptors (Lipinski definition) is 6. The van der Waals surface area contributed by atoms with E-state index in [2.05, 4.69) is 9.97 Å². The van der Waals surface area contributed by atoms with E-state index in [1.807, 2.05) is 30.3 Å². The van der Waals surface area contributed by atoms with Crippen LogP contribution < -0.4 is 10.5 Å². The molecule has 8 heteroatoms. The molecule has 0 bridgehead atoms. The molecule has 0 saturated heterocycles. The molecule has 3 rings (SSSR count). The first-order valence-electron chi connectivity index (χ1n) is 7.18. The average Bonchev–Trinajstić information content (AvgIpc) is 2.63. The number of amides is 1. The van der Waals surface area contributed by atoms with Gasteiger partial charge in [-0.2, -0.15) is 0 Å². The first kappa shape index (κ1) is 16.1. The fraction of sp³-hybridized carbons (Fsp3) is 0. The van der Waals surface area contributed by atoms with Gasteiger partial charge in [0.25, 0.3) is 11.6 Å². The van der Waals surface area contributed by atoms with Gasteiger partial charge in [-0.3, -0.25) is 19.9 Å². The molecule has 0 saturated carbocycles. The number of nitrogens with zero attached hydrogens (tertiary/aromatic N) is 3. The second kappa shape index (κ2) is 6.75. The van der Waals surface area contributed by atoms with E-state index in [0.29, 0.717) is 5.75 Å². The molecule has 1 aromatic carbocycles. The topological polar surface area (TPSA) is 121 Å². The number of nitrogens with two attached hydrogens (primary N) is 1. The van der Waals surface area contributed by atoms with Crippen LogP contribution in [0.15, 0.2) is 60.9 Å². The molecule has 0 spiro atoms. The quantitative estimate of drug-likeness (QED) is 0.564. The SMILES string of the molecule is NC(=O)c1cc([N+](=O)[O-])cnc1Oc1ccc(-c2ccccc2)nc1. The fourth-order valence-electron chi connectivity index (χ4n) is 2.13. The fourth-order valence-corrected chi connectivity index (χ4v) is 2.13. The normalized spacial score (nSPS) is 10.2. The molecule has 8 nitrogen and oxygen atoms in total. The molecule has 2 heterocycles. The third-order valence-electron chi connectivity index (χ3n) is 3.33. The van der Waals surface area contributed by atoms with Crippen molar-refractivity contribution in [2.45, 2.75) is 0 Å². The van der Waals surface area contributed by atoms with Crippen LogP contribution in [0.4, 0.5) is 5.69 Å². The lowest BCUT2D eigenvalue weighted by Gasteiger charge is -2.08. The van der Waals surface area contributed by atoms with Crippen LogP contribution in [-0.4, -0.2) is 20.8 Å². The number of benzene rings is 1. The minimum absolute atomic E-state index is 0.118. The second-order valence-corrected chi connectivity index (χ2v) is 5.01. The number of primary amides is 1. The maximum Gasteiger partial charge on any atom is 0.288 e. The minimum Gasteiger partial charge on any atom is -0.437 e. The highest BCUT2D eigenvalue weighted by molar-refractivity contribution is 5.95. The van der Waals surface area contributed by atoms with Crippen LogP contribution in [0.2, 0.25) is 0 Å². The van der Waals surface area contributed by atoms with E-state index in [4.69, 9.17) is 10.5 Å². The van der Waals surface area contributed by atoms with E-state index in [9.17, 15) is 14.9 Å². The monoisotopic (exact) mass is 336 g/mol. The van der Waals surface area contributed by atoms with Crippen molar-refractivity contribution in [3.8, 4) is 22.9 Å². The third kappa shape index (κ3) is 3.58. The molecule has 0 fully saturated rings. The van der Waals surface area contributed by atoms with E-state index >= 15 is 0 Å². The van der Waals surface area contributed by atoms with E-state index in [0.717, 1.165) is 23.5 Å². The zero-order valence-electron chi connectivity index (χ0n) is 12.8. The van der Waals surface area contributed by atoms with Crippen molar-refractivity contribution in [2.24, 2.45) is 5.73 Å². The number of carbonyl (C=O) groups excluding carboxylic acids is 1. The Kier molecular flexibility index (Phi) is 4.34. The zero-order chi connectivity index (χ0) is 17.8. The third-order valence-corrected chi connectivity index (χ3v) is 3.33. The van der Waals surface area contributed by atoms with Crippen molar-refractivity contribution in [3.05, 3.63) is 76.6 Å². The summed E-state index contributed by atoms with van der Waals surface area (Å²) in [5.74, 6) is -0.670. The lowest BCUT2D eigenvalue weighted by Crippen LogP contribution is -2.13. The number of pyridine rings is 2. The summed E-state index contributed by atoms with van der Waals surface area (Å²) in [5, 5.41) is 10.8. The number of aromatic nitrogens is 2. The number of carbonyl (C=O) groups is 1. The van der Waals surface area contributed by atoms with Crippen LogP contribution >= 0.6 is 0 Å². The van der Waals surface area contributed by atoms with Crippen molar-refractivity contribution in [2.75, 3.05) is 0 Å². The molecule has 0 radical (unpaired) electrons. The maximum atomic E-state index is 11.5. The first-order chi connectivity index (χ1) is 12.0. The standard InChI is InChI=1S/C17H12N4O4/c18-16(22)14-8-12(21(23)24)9-20-17(14)25-13-6-7-15(19-10-13)11-4-2-1-3-5-11/h1-10H,(H2,18,22). The molecule has 2 aromatic heterocycles. The van der Waals surface area contributed by atoms with Crippen molar-refractivity contribution in [3.63, 3.8) is 0 Å². The van der Waals surface area contributed by atoms with Crippen LogP contribution in [0.1, 0.15) is 10.4 Å². The molecule has 0 unspecified atom stereocenters. The predicted octanol–water partition coefficient (Wildman–Crippen LogP) is 2.94. The summed E-state index contributed by atoms with van der Waals surface area (Å²) in [6.45, 7) is 0. The van der Waals surface area contributed by atoms with Crippen LogP contribution in [0.3, 0.4) is 0 Å². The van der Waals surface area contributed by atoms with Crippen LogP contribution in [0, 0.1) is 10.1 Å². The van der Waals surface area contributed by atoms with Crippen molar-refractivity contribution in [1.29, 1.82) is 0 Å². The number of hydrogen-bond donors (Lipinski definition) is 1. The Morgan fingerprint density at radius 2 is 1.84 bits per heavy atom. The van der Waals surface area contributed by atoms with E-state index in [1.165, 1.54) is 6.20 Å². The number of rotatable bonds is 5. The minimum atomic E-state index is -0.875. The lowest BCUT2D eigenvalue weighted by atomic mass is 10.1. The van der Waals surface area contributed by atoms with Crippen molar-refractivity contribution in [1.82, 2.24) is 9.97 Å². The molecule has 0 aliphatic carbocycles. The summed E-state index contributed by atoms with van der Waals surface area (Å²) in [7, 11) is 0. The van der Waals surface area contributed by atoms with E-state index < -0.39 is 10.8 Å². The van der Waals surface area contributed by atoms with Gasteiger partial charge in [-0.15, -0.1) is 0 Å².